The van der Waals surface area contributed by atoms with E-state index in [1.165, 1.54) is 19.4 Å². The quantitative estimate of drug-likeness (QED) is 0.811. The predicted molar refractivity (Wildman–Crippen MR) is 104 cm³/mol. The molecule has 2 saturated heterocycles. The first-order chi connectivity index (χ1) is 13.3. The lowest BCUT2D eigenvalue weighted by Crippen LogP contribution is -2.39. The molecule has 0 saturated carbocycles. The van der Waals surface area contributed by atoms with Crippen molar-refractivity contribution in [3.05, 3.63) is 47.3 Å². The molecule has 0 unspecified atom stereocenters. The van der Waals surface area contributed by atoms with Crippen molar-refractivity contribution >= 4 is 0 Å². The molecule has 4 rings (SSSR count). The van der Waals surface area contributed by atoms with Gasteiger partial charge in [0, 0.05) is 50.3 Å². The lowest BCUT2D eigenvalue weighted by Gasteiger charge is -2.35. The van der Waals surface area contributed by atoms with Gasteiger partial charge < -0.3 is 9.64 Å². The third-order valence-electron chi connectivity index (χ3n) is 5.87. The van der Waals surface area contributed by atoms with Crippen LogP contribution in [0, 0.1) is 11.8 Å². The van der Waals surface area contributed by atoms with Gasteiger partial charge in [0.15, 0.2) is 0 Å². The molecular weight excluding hydrogens is 340 g/mol. The summed E-state index contributed by atoms with van der Waals surface area (Å²) in [6.07, 6.45) is 9.85. The van der Waals surface area contributed by atoms with E-state index in [1.807, 2.05) is 12.1 Å². The molecule has 0 amide bonds. The van der Waals surface area contributed by atoms with Crippen LogP contribution in [0.5, 0.6) is 0 Å². The number of pyridine rings is 1. The molecule has 0 aliphatic carbocycles. The molecule has 0 radical (unpaired) electrons. The number of nitrogens with zero attached hydrogens (tertiary/aromatic N) is 4. The summed E-state index contributed by atoms with van der Waals surface area (Å²) < 4.78 is 7.23. The maximum atomic E-state index is 12.5. The highest BCUT2D eigenvalue weighted by molar-refractivity contribution is 5.57. The monoisotopic (exact) mass is 368 g/mol. The SMILES string of the molecule is O=c1cc(-c2ccncc2)ncn1CC1CCN(CC2CCOCC2)CC1. The zero-order valence-electron chi connectivity index (χ0n) is 15.8. The van der Waals surface area contributed by atoms with Crippen LogP contribution in [0.2, 0.25) is 0 Å². The maximum absolute atomic E-state index is 12.5. The Morgan fingerprint density at radius 1 is 1.00 bits per heavy atom. The molecule has 0 N–H and O–H groups in total. The van der Waals surface area contributed by atoms with Crippen LogP contribution in [-0.2, 0) is 11.3 Å². The van der Waals surface area contributed by atoms with Crippen molar-refractivity contribution in [2.75, 3.05) is 32.8 Å². The summed E-state index contributed by atoms with van der Waals surface area (Å²) in [4.78, 5) is 23.6. The lowest BCUT2D eigenvalue weighted by molar-refractivity contribution is 0.0461. The van der Waals surface area contributed by atoms with Crippen molar-refractivity contribution in [1.29, 1.82) is 0 Å². The molecule has 0 bridgehead atoms. The Morgan fingerprint density at radius 2 is 1.70 bits per heavy atom. The zero-order valence-corrected chi connectivity index (χ0v) is 15.8. The van der Waals surface area contributed by atoms with Crippen molar-refractivity contribution in [3.63, 3.8) is 0 Å². The summed E-state index contributed by atoms with van der Waals surface area (Å²) in [7, 11) is 0. The second-order valence-electron chi connectivity index (χ2n) is 7.80. The van der Waals surface area contributed by atoms with Gasteiger partial charge in [-0.25, -0.2) is 4.98 Å². The predicted octanol–water partition coefficient (Wildman–Crippen LogP) is 2.44. The van der Waals surface area contributed by atoms with Crippen LogP contribution in [0.25, 0.3) is 11.3 Å². The van der Waals surface area contributed by atoms with Gasteiger partial charge in [-0.15, -0.1) is 0 Å². The summed E-state index contributed by atoms with van der Waals surface area (Å²) in [5, 5.41) is 0. The van der Waals surface area contributed by atoms with Gasteiger partial charge in [0.1, 0.15) is 0 Å². The molecule has 4 heterocycles. The number of hydrogen-bond acceptors (Lipinski definition) is 5. The number of piperidine rings is 1. The van der Waals surface area contributed by atoms with Crippen molar-refractivity contribution in [2.45, 2.75) is 32.2 Å². The Balaban J connectivity index is 1.30. The van der Waals surface area contributed by atoms with E-state index in [-0.39, 0.29) is 5.56 Å². The number of hydrogen-bond donors (Lipinski definition) is 0. The second kappa shape index (κ2) is 8.76. The standard InChI is InChI=1S/C21H28N4O2/c26-21-13-20(19-1-7-22-8-2-19)23-16-25(21)15-17-3-9-24(10-4-17)14-18-5-11-27-12-6-18/h1-2,7-8,13,16-18H,3-6,9-12,14-15H2. The molecule has 0 spiro atoms. The molecular formula is C21H28N4O2. The third kappa shape index (κ3) is 4.82. The van der Waals surface area contributed by atoms with Crippen molar-refractivity contribution < 1.29 is 4.74 Å². The molecule has 0 atom stereocenters. The molecule has 2 fully saturated rings. The first-order valence-corrected chi connectivity index (χ1v) is 10.0. The van der Waals surface area contributed by atoms with Gasteiger partial charge in [-0.2, -0.15) is 0 Å². The summed E-state index contributed by atoms with van der Waals surface area (Å²) in [5.41, 5.74) is 1.67. The number of rotatable bonds is 5. The van der Waals surface area contributed by atoms with E-state index in [9.17, 15) is 4.79 Å². The molecule has 2 aliphatic heterocycles. The normalized spacial score (nSPS) is 20.0. The van der Waals surface area contributed by atoms with Gasteiger partial charge in [0.25, 0.3) is 5.56 Å². The van der Waals surface area contributed by atoms with Gasteiger partial charge in [-0.05, 0) is 62.7 Å². The fourth-order valence-corrected chi connectivity index (χ4v) is 4.17. The Morgan fingerprint density at radius 3 is 2.41 bits per heavy atom. The molecule has 0 aromatic carbocycles. The van der Waals surface area contributed by atoms with Gasteiger partial charge in [0.2, 0.25) is 0 Å². The minimum atomic E-state index is 0.0291. The highest BCUT2D eigenvalue weighted by Gasteiger charge is 2.23. The fraction of sp³-hybridized carbons (Fsp3) is 0.571. The van der Waals surface area contributed by atoms with E-state index in [0.29, 0.717) is 11.6 Å². The van der Waals surface area contributed by atoms with Gasteiger partial charge >= 0.3 is 0 Å². The minimum absolute atomic E-state index is 0.0291. The smallest absolute Gasteiger partial charge is 0.253 e. The van der Waals surface area contributed by atoms with Crippen molar-refractivity contribution in [3.8, 4) is 11.3 Å². The first-order valence-electron chi connectivity index (χ1n) is 10.0. The molecule has 6 heteroatoms. The van der Waals surface area contributed by atoms with E-state index < -0.39 is 0 Å². The Labute approximate surface area is 160 Å². The van der Waals surface area contributed by atoms with E-state index >= 15 is 0 Å². The topological polar surface area (TPSA) is 60.2 Å². The Kier molecular flexibility index (Phi) is 5.94. The molecule has 2 aromatic heterocycles. The van der Waals surface area contributed by atoms with E-state index in [4.69, 9.17) is 4.74 Å². The number of aromatic nitrogens is 3. The highest BCUT2D eigenvalue weighted by Crippen LogP contribution is 2.22. The Bertz CT molecular complexity index is 778. The highest BCUT2D eigenvalue weighted by atomic mass is 16.5. The van der Waals surface area contributed by atoms with E-state index in [0.717, 1.165) is 57.2 Å². The third-order valence-corrected chi connectivity index (χ3v) is 5.87. The van der Waals surface area contributed by atoms with Crippen LogP contribution in [0.1, 0.15) is 25.7 Å². The molecule has 2 aliphatic rings. The second-order valence-corrected chi connectivity index (χ2v) is 7.80. The minimum Gasteiger partial charge on any atom is -0.381 e. The average Bonchev–Trinajstić information content (AvgIpc) is 2.72. The maximum Gasteiger partial charge on any atom is 0.253 e. The molecule has 6 nitrogen and oxygen atoms in total. The average molecular weight is 368 g/mol. The fourth-order valence-electron chi connectivity index (χ4n) is 4.17. The van der Waals surface area contributed by atoms with Gasteiger partial charge in [0.05, 0.1) is 12.0 Å². The van der Waals surface area contributed by atoms with Crippen LogP contribution >= 0.6 is 0 Å². The van der Waals surface area contributed by atoms with Crippen LogP contribution in [0.3, 0.4) is 0 Å². The molecule has 2 aromatic rings. The van der Waals surface area contributed by atoms with Crippen LogP contribution < -0.4 is 5.56 Å². The van der Waals surface area contributed by atoms with Crippen LogP contribution in [-0.4, -0.2) is 52.3 Å². The summed E-state index contributed by atoms with van der Waals surface area (Å²) in [5.74, 6) is 1.35. The van der Waals surface area contributed by atoms with Gasteiger partial charge in [-0.3, -0.25) is 14.3 Å². The first kappa shape index (κ1) is 18.3. The van der Waals surface area contributed by atoms with Crippen LogP contribution in [0.15, 0.2) is 41.7 Å². The van der Waals surface area contributed by atoms with Crippen LogP contribution in [0.4, 0.5) is 0 Å². The number of likely N-dealkylation sites (tertiary alicyclic amines) is 1. The zero-order chi connectivity index (χ0) is 18.5. The molecule has 27 heavy (non-hydrogen) atoms. The lowest BCUT2D eigenvalue weighted by atomic mass is 9.94. The van der Waals surface area contributed by atoms with Gasteiger partial charge in [-0.1, -0.05) is 0 Å². The molecule has 144 valence electrons. The summed E-state index contributed by atoms with van der Waals surface area (Å²) in [6.45, 7) is 6.10. The summed E-state index contributed by atoms with van der Waals surface area (Å²) in [6, 6.07) is 5.39. The van der Waals surface area contributed by atoms with E-state index in [2.05, 4.69) is 14.9 Å². The largest absolute Gasteiger partial charge is 0.381 e. The van der Waals surface area contributed by atoms with Crippen molar-refractivity contribution in [2.24, 2.45) is 11.8 Å². The number of ether oxygens (including phenoxy) is 1. The van der Waals surface area contributed by atoms with Crippen molar-refractivity contribution in [1.82, 2.24) is 19.4 Å². The van der Waals surface area contributed by atoms with E-state index in [1.54, 1.807) is 29.4 Å². The summed E-state index contributed by atoms with van der Waals surface area (Å²) >= 11 is 0. The Hall–Kier alpha value is -2.05.